The Morgan fingerprint density at radius 2 is 2.08 bits per heavy atom. The normalized spacial score (nSPS) is 17.4. The Kier molecular flexibility index (Phi) is 4.36. The molecule has 1 fully saturated rings. The molecule has 0 bridgehead atoms. The summed E-state index contributed by atoms with van der Waals surface area (Å²) in [6.07, 6.45) is 2.68. The maximum atomic E-state index is 13.8. The highest BCUT2D eigenvalue weighted by molar-refractivity contribution is 5.94. The summed E-state index contributed by atoms with van der Waals surface area (Å²) in [5.74, 6) is -0.336. The Morgan fingerprint density at radius 3 is 2.67 bits per heavy atom. The van der Waals surface area contributed by atoms with Crippen LogP contribution in [0.5, 0.6) is 0 Å². The number of nitrogens with zero attached hydrogens (tertiary/aromatic N) is 2. The van der Waals surface area contributed by atoms with Crippen LogP contribution in [0.3, 0.4) is 0 Å². The molecule has 3 N–H and O–H groups in total. The molecule has 2 aromatic rings. The molecule has 0 aliphatic heterocycles. The average molecular weight is 332 g/mol. The van der Waals surface area contributed by atoms with Gasteiger partial charge in [-0.15, -0.1) is 0 Å². The van der Waals surface area contributed by atoms with Gasteiger partial charge in [-0.25, -0.2) is 4.39 Å². The van der Waals surface area contributed by atoms with Gasteiger partial charge in [0.25, 0.3) is 5.91 Å². The molecule has 1 amide bonds. The molecular formula is C17H21FN4O2. The van der Waals surface area contributed by atoms with Gasteiger partial charge in [-0.05, 0) is 37.3 Å². The zero-order chi connectivity index (χ0) is 17.3. The van der Waals surface area contributed by atoms with Crippen LogP contribution in [-0.4, -0.2) is 16.0 Å². The first-order valence-corrected chi connectivity index (χ1v) is 8.09. The van der Waals surface area contributed by atoms with Crippen molar-refractivity contribution in [2.45, 2.75) is 44.7 Å². The van der Waals surface area contributed by atoms with Gasteiger partial charge < -0.3 is 15.6 Å². The predicted molar refractivity (Wildman–Crippen MR) is 85.5 cm³/mol. The van der Waals surface area contributed by atoms with E-state index in [0.29, 0.717) is 11.7 Å². The lowest BCUT2D eigenvalue weighted by Crippen LogP contribution is -2.44. The average Bonchev–Trinajstić information content (AvgIpc) is 3.00. The van der Waals surface area contributed by atoms with E-state index in [9.17, 15) is 9.18 Å². The van der Waals surface area contributed by atoms with Gasteiger partial charge in [0.2, 0.25) is 5.89 Å². The minimum atomic E-state index is -0.570. The Morgan fingerprint density at radius 1 is 1.38 bits per heavy atom. The van der Waals surface area contributed by atoms with Gasteiger partial charge in [0.1, 0.15) is 11.9 Å². The van der Waals surface area contributed by atoms with Crippen LogP contribution in [0.15, 0.2) is 28.8 Å². The molecule has 0 radical (unpaired) electrons. The zero-order valence-corrected chi connectivity index (χ0v) is 13.8. The fraction of sp³-hybridized carbons (Fsp3) is 0.471. The highest BCUT2D eigenvalue weighted by atomic mass is 19.1. The first-order chi connectivity index (χ1) is 11.4. The second-order valence-corrected chi connectivity index (χ2v) is 6.64. The number of benzene rings is 1. The molecule has 0 spiro atoms. The van der Waals surface area contributed by atoms with Crippen molar-refractivity contribution in [1.29, 1.82) is 0 Å². The SMILES string of the molecule is CC(C)C(NC(=O)c1ccccc1F)c1nc(C2(N)CCC2)no1. The Hall–Kier alpha value is -2.28. The van der Waals surface area contributed by atoms with Crippen molar-refractivity contribution in [1.82, 2.24) is 15.5 Å². The molecular weight excluding hydrogens is 311 g/mol. The molecule has 1 saturated carbocycles. The summed E-state index contributed by atoms with van der Waals surface area (Å²) in [5.41, 5.74) is 5.66. The molecule has 1 aromatic heterocycles. The molecule has 3 rings (SSSR count). The lowest BCUT2D eigenvalue weighted by atomic mass is 9.77. The number of carbonyl (C=O) groups is 1. The zero-order valence-electron chi connectivity index (χ0n) is 13.8. The number of nitrogens with two attached hydrogens (primary N) is 1. The Bertz CT molecular complexity index is 740. The standard InChI is InChI=1S/C17H21FN4O2/c1-10(2)13(20-14(23)11-6-3-4-7-12(11)18)15-21-16(22-24-15)17(19)8-5-9-17/h3-4,6-7,10,13H,5,8-9,19H2,1-2H3,(H,20,23). The molecule has 7 heteroatoms. The molecule has 0 saturated heterocycles. The van der Waals surface area contributed by atoms with Crippen molar-refractivity contribution in [2.24, 2.45) is 11.7 Å². The molecule has 1 aromatic carbocycles. The van der Waals surface area contributed by atoms with Gasteiger partial charge in [0.15, 0.2) is 5.82 Å². The van der Waals surface area contributed by atoms with Crippen LogP contribution < -0.4 is 11.1 Å². The van der Waals surface area contributed by atoms with E-state index in [2.05, 4.69) is 15.5 Å². The van der Waals surface area contributed by atoms with E-state index < -0.39 is 23.3 Å². The highest BCUT2D eigenvalue weighted by Gasteiger charge is 2.40. The van der Waals surface area contributed by atoms with Crippen LogP contribution >= 0.6 is 0 Å². The Labute approximate surface area is 139 Å². The second kappa shape index (κ2) is 6.32. The van der Waals surface area contributed by atoms with E-state index >= 15 is 0 Å². The van der Waals surface area contributed by atoms with E-state index in [-0.39, 0.29) is 11.5 Å². The van der Waals surface area contributed by atoms with Crippen LogP contribution in [0.2, 0.25) is 0 Å². The van der Waals surface area contributed by atoms with E-state index in [1.54, 1.807) is 6.07 Å². The lowest BCUT2D eigenvalue weighted by molar-refractivity contribution is 0.0909. The third-order valence-electron chi connectivity index (χ3n) is 4.47. The van der Waals surface area contributed by atoms with Crippen molar-refractivity contribution in [2.75, 3.05) is 0 Å². The minimum absolute atomic E-state index is 0.0101. The largest absolute Gasteiger partial charge is 0.340 e. The molecule has 128 valence electrons. The summed E-state index contributed by atoms with van der Waals surface area (Å²) in [6.45, 7) is 3.83. The lowest BCUT2D eigenvalue weighted by Gasteiger charge is -2.34. The fourth-order valence-corrected chi connectivity index (χ4v) is 2.72. The molecule has 1 aliphatic rings. The summed E-state index contributed by atoms with van der Waals surface area (Å²) >= 11 is 0. The fourth-order valence-electron chi connectivity index (χ4n) is 2.72. The number of rotatable bonds is 5. The third-order valence-corrected chi connectivity index (χ3v) is 4.47. The van der Waals surface area contributed by atoms with Crippen molar-refractivity contribution in [3.8, 4) is 0 Å². The van der Waals surface area contributed by atoms with E-state index in [0.717, 1.165) is 19.3 Å². The maximum absolute atomic E-state index is 13.8. The quantitative estimate of drug-likeness (QED) is 0.878. The monoisotopic (exact) mass is 332 g/mol. The molecule has 6 nitrogen and oxygen atoms in total. The molecule has 24 heavy (non-hydrogen) atoms. The first-order valence-electron chi connectivity index (χ1n) is 8.09. The van der Waals surface area contributed by atoms with Gasteiger partial charge >= 0.3 is 0 Å². The maximum Gasteiger partial charge on any atom is 0.254 e. The van der Waals surface area contributed by atoms with Crippen LogP contribution in [0.4, 0.5) is 4.39 Å². The molecule has 1 heterocycles. The van der Waals surface area contributed by atoms with Gasteiger partial charge in [-0.1, -0.05) is 31.1 Å². The highest BCUT2D eigenvalue weighted by Crippen LogP contribution is 2.37. The molecule has 1 atom stereocenters. The van der Waals surface area contributed by atoms with Crippen LogP contribution in [0, 0.1) is 11.7 Å². The van der Waals surface area contributed by atoms with Gasteiger partial charge in [-0.3, -0.25) is 4.79 Å². The predicted octanol–water partition coefficient (Wildman–Crippen LogP) is 2.67. The van der Waals surface area contributed by atoms with Crippen LogP contribution in [0.1, 0.15) is 61.2 Å². The summed E-state index contributed by atoms with van der Waals surface area (Å²) < 4.78 is 19.1. The summed E-state index contributed by atoms with van der Waals surface area (Å²) in [7, 11) is 0. The molecule has 1 aliphatic carbocycles. The third kappa shape index (κ3) is 3.03. The van der Waals surface area contributed by atoms with Gasteiger partial charge in [-0.2, -0.15) is 4.98 Å². The van der Waals surface area contributed by atoms with Crippen molar-refractivity contribution < 1.29 is 13.7 Å². The number of halogens is 1. The van der Waals surface area contributed by atoms with Crippen molar-refractivity contribution >= 4 is 5.91 Å². The van der Waals surface area contributed by atoms with Crippen molar-refractivity contribution in [3.63, 3.8) is 0 Å². The van der Waals surface area contributed by atoms with Crippen LogP contribution in [0.25, 0.3) is 0 Å². The topological polar surface area (TPSA) is 94.0 Å². The smallest absolute Gasteiger partial charge is 0.254 e. The van der Waals surface area contributed by atoms with Gasteiger partial charge in [0.05, 0.1) is 11.1 Å². The van der Waals surface area contributed by atoms with E-state index in [1.807, 2.05) is 13.8 Å². The first kappa shape index (κ1) is 16.6. The number of amides is 1. The summed E-state index contributed by atoms with van der Waals surface area (Å²) in [6, 6.07) is 5.32. The number of hydrogen-bond donors (Lipinski definition) is 2. The van der Waals surface area contributed by atoms with Crippen LogP contribution in [-0.2, 0) is 5.54 Å². The minimum Gasteiger partial charge on any atom is -0.340 e. The second-order valence-electron chi connectivity index (χ2n) is 6.64. The molecule has 1 unspecified atom stereocenters. The summed E-state index contributed by atoms with van der Waals surface area (Å²) in [5, 5.41) is 6.75. The number of carbonyl (C=O) groups excluding carboxylic acids is 1. The number of hydrogen-bond acceptors (Lipinski definition) is 5. The van der Waals surface area contributed by atoms with E-state index in [4.69, 9.17) is 10.3 Å². The van der Waals surface area contributed by atoms with E-state index in [1.165, 1.54) is 18.2 Å². The van der Waals surface area contributed by atoms with Gasteiger partial charge in [0, 0.05) is 0 Å². The van der Waals surface area contributed by atoms with Crippen molar-refractivity contribution in [3.05, 3.63) is 47.4 Å². The number of nitrogens with one attached hydrogen (secondary N) is 1. The summed E-state index contributed by atoms with van der Waals surface area (Å²) in [4.78, 5) is 16.7. The number of aromatic nitrogens is 2. The Balaban J connectivity index is 1.80.